The minimum Gasteiger partial charge on any atom is -0.497 e. The van der Waals surface area contributed by atoms with Gasteiger partial charge in [-0.15, -0.1) is 0 Å². The molecule has 2 rings (SSSR count). The maximum atomic E-state index is 14.2. The maximum Gasteiger partial charge on any atom is 0.129 e. The Hall–Kier alpha value is -1.59. The number of anilines is 1. The number of rotatable bonds is 5. The molecule has 1 atom stereocenters. The third-order valence-corrected chi connectivity index (χ3v) is 3.99. The van der Waals surface area contributed by atoms with Crippen molar-refractivity contribution in [3.63, 3.8) is 0 Å². The quantitative estimate of drug-likeness (QED) is 0.890. The molecule has 0 aliphatic rings. The van der Waals surface area contributed by atoms with Gasteiger partial charge in [0.15, 0.2) is 0 Å². The van der Waals surface area contributed by atoms with Crippen LogP contribution in [0.4, 0.5) is 10.1 Å². The average Bonchev–Trinajstić information content (AvgIpc) is 2.50. The van der Waals surface area contributed by atoms with Gasteiger partial charge in [-0.25, -0.2) is 4.39 Å². The molecule has 21 heavy (non-hydrogen) atoms. The van der Waals surface area contributed by atoms with Crippen LogP contribution >= 0.6 is 15.9 Å². The fourth-order valence-corrected chi connectivity index (χ4v) is 2.60. The summed E-state index contributed by atoms with van der Waals surface area (Å²) in [7, 11) is 3.53. The predicted octanol–water partition coefficient (Wildman–Crippen LogP) is 3.73. The van der Waals surface area contributed by atoms with Crippen molar-refractivity contribution in [3.8, 4) is 5.75 Å². The van der Waals surface area contributed by atoms with Crippen molar-refractivity contribution in [2.24, 2.45) is 5.73 Å². The molecule has 0 heterocycles. The summed E-state index contributed by atoms with van der Waals surface area (Å²) < 4.78 is 20.0. The van der Waals surface area contributed by atoms with Crippen LogP contribution in [0, 0.1) is 5.82 Å². The molecule has 0 aliphatic carbocycles. The van der Waals surface area contributed by atoms with E-state index in [2.05, 4.69) is 15.9 Å². The molecular formula is C16H18BrFN2O. The van der Waals surface area contributed by atoms with Crippen LogP contribution in [0.3, 0.4) is 0 Å². The molecule has 0 amide bonds. The Morgan fingerprint density at radius 3 is 2.43 bits per heavy atom. The van der Waals surface area contributed by atoms with Gasteiger partial charge in [-0.1, -0.05) is 22.0 Å². The highest BCUT2D eigenvalue weighted by atomic mass is 79.9. The fraction of sp³-hybridized carbons (Fsp3) is 0.250. The summed E-state index contributed by atoms with van der Waals surface area (Å²) in [5, 5.41) is 0. The first-order valence-corrected chi connectivity index (χ1v) is 7.38. The number of nitrogens with zero attached hydrogens (tertiary/aromatic N) is 1. The van der Waals surface area contributed by atoms with Crippen molar-refractivity contribution in [1.29, 1.82) is 0 Å². The second-order valence-corrected chi connectivity index (χ2v) is 5.64. The summed E-state index contributed by atoms with van der Waals surface area (Å²) >= 11 is 3.27. The van der Waals surface area contributed by atoms with Crippen LogP contribution in [0.15, 0.2) is 46.9 Å². The van der Waals surface area contributed by atoms with Gasteiger partial charge in [0.2, 0.25) is 0 Å². The zero-order valence-corrected chi connectivity index (χ0v) is 13.6. The van der Waals surface area contributed by atoms with E-state index in [1.54, 1.807) is 13.2 Å². The van der Waals surface area contributed by atoms with Crippen molar-refractivity contribution in [1.82, 2.24) is 0 Å². The standard InChI is InChI=1S/C16H18BrFN2O/c1-20(12-4-6-13(21-2)7-5-12)16(10-19)14-8-3-11(17)9-15(14)18/h3-9,16H,10,19H2,1-2H3. The van der Waals surface area contributed by atoms with E-state index in [0.29, 0.717) is 16.6 Å². The van der Waals surface area contributed by atoms with Gasteiger partial charge in [0.25, 0.3) is 0 Å². The monoisotopic (exact) mass is 352 g/mol. The number of hydrogen-bond acceptors (Lipinski definition) is 3. The normalized spacial score (nSPS) is 12.0. The third-order valence-electron chi connectivity index (χ3n) is 3.49. The highest BCUT2D eigenvalue weighted by Crippen LogP contribution is 2.29. The lowest BCUT2D eigenvalue weighted by Crippen LogP contribution is -2.31. The van der Waals surface area contributed by atoms with Crippen LogP contribution in [0.2, 0.25) is 0 Å². The molecule has 0 fully saturated rings. The van der Waals surface area contributed by atoms with Gasteiger partial charge in [0.05, 0.1) is 13.2 Å². The zero-order valence-electron chi connectivity index (χ0n) is 12.0. The summed E-state index contributed by atoms with van der Waals surface area (Å²) in [6.07, 6.45) is 0. The Morgan fingerprint density at radius 2 is 1.90 bits per heavy atom. The molecule has 2 aromatic rings. The van der Waals surface area contributed by atoms with E-state index >= 15 is 0 Å². The maximum absolute atomic E-state index is 14.2. The van der Waals surface area contributed by atoms with Gasteiger partial charge >= 0.3 is 0 Å². The molecule has 0 saturated carbocycles. The van der Waals surface area contributed by atoms with Gasteiger partial charge in [-0.2, -0.15) is 0 Å². The fourth-order valence-electron chi connectivity index (χ4n) is 2.26. The van der Waals surface area contributed by atoms with Gasteiger partial charge in [0.1, 0.15) is 11.6 Å². The Bertz CT molecular complexity index is 604. The minimum absolute atomic E-state index is 0.230. The first-order valence-electron chi connectivity index (χ1n) is 6.58. The number of hydrogen-bond donors (Lipinski definition) is 1. The van der Waals surface area contributed by atoms with E-state index in [-0.39, 0.29) is 11.9 Å². The van der Waals surface area contributed by atoms with Crippen LogP contribution in [0.25, 0.3) is 0 Å². The van der Waals surface area contributed by atoms with E-state index in [9.17, 15) is 4.39 Å². The summed E-state index contributed by atoms with van der Waals surface area (Å²) in [4.78, 5) is 1.96. The lowest BCUT2D eigenvalue weighted by molar-refractivity contribution is 0.415. The molecule has 0 radical (unpaired) electrons. The smallest absolute Gasteiger partial charge is 0.129 e. The molecule has 5 heteroatoms. The molecule has 0 aromatic heterocycles. The number of halogens is 2. The SMILES string of the molecule is COc1ccc(N(C)C(CN)c2ccc(Br)cc2F)cc1. The third kappa shape index (κ3) is 3.54. The number of benzene rings is 2. The molecule has 0 saturated heterocycles. The van der Waals surface area contributed by atoms with E-state index < -0.39 is 0 Å². The molecular weight excluding hydrogens is 335 g/mol. The van der Waals surface area contributed by atoms with Crippen LogP contribution in [-0.2, 0) is 0 Å². The highest BCUT2D eigenvalue weighted by Gasteiger charge is 2.19. The van der Waals surface area contributed by atoms with Gasteiger partial charge in [-0.3, -0.25) is 0 Å². The molecule has 2 N–H and O–H groups in total. The second-order valence-electron chi connectivity index (χ2n) is 4.73. The number of ether oxygens (including phenoxy) is 1. The molecule has 112 valence electrons. The summed E-state index contributed by atoms with van der Waals surface area (Å²) in [6, 6.07) is 12.4. The number of methoxy groups -OCH3 is 1. The molecule has 0 aliphatic heterocycles. The summed E-state index contributed by atoms with van der Waals surface area (Å²) in [5.41, 5.74) is 7.40. The molecule has 2 aromatic carbocycles. The predicted molar refractivity (Wildman–Crippen MR) is 87.3 cm³/mol. The Kier molecular flexibility index (Phi) is 5.20. The van der Waals surface area contributed by atoms with Crippen LogP contribution in [0.1, 0.15) is 11.6 Å². The second kappa shape index (κ2) is 6.91. The van der Waals surface area contributed by atoms with Crippen LogP contribution in [0.5, 0.6) is 5.75 Å². The minimum atomic E-state index is -0.264. The van der Waals surface area contributed by atoms with E-state index in [1.165, 1.54) is 6.07 Å². The first-order chi connectivity index (χ1) is 10.1. The van der Waals surface area contributed by atoms with Crippen molar-refractivity contribution >= 4 is 21.6 Å². The lowest BCUT2D eigenvalue weighted by Gasteiger charge is -2.30. The van der Waals surface area contributed by atoms with E-state index in [0.717, 1.165) is 11.4 Å². The summed E-state index contributed by atoms with van der Waals surface area (Å²) in [6.45, 7) is 0.321. The Labute approximate surface area is 132 Å². The van der Waals surface area contributed by atoms with Gasteiger partial charge in [-0.05, 0) is 36.4 Å². The Morgan fingerprint density at radius 1 is 1.24 bits per heavy atom. The Balaban J connectivity index is 2.30. The van der Waals surface area contributed by atoms with Gasteiger partial charge < -0.3 is 15.4 Å². The average molecular weight is 353 g/mol. The number of likely N-dealkylation sites (N-methyl/N-ethyl adjacent to an activating group) is 1. The first kappa shape index (κ1) is 15.8. The van der Waals surface area contributed by atoms with E-state index in [4.69, 9.17) is 10.5 Å². The lowest BCUT2D eigenvalue weighted by atomic mass is 10.0. The van der Waals surface area contributed by atoms with Gasteiger partial charge in [0, 0.05) is 29.3 Å². The molecule has 1 unspecified atom stereocenters. The van der Waals surface area contributed by atoms with Crippen molar-refractivity contribution in [2.45, 2.75) is 6.04 Å². The van der Waals surface area contributed by atoms with Crippen molar-refractivity contribution in [2.75, 3.05) is 25.6 Å². The van der Waals surface area contributed by atoms with Crippen LogP contribution in [-0.4, -0.2) is 20.7 Å². The van der Waals surface area contributed by atoms with Crippen molar-refractivity contribution in [3.05, 3.63) is 58.3 Å². The number of nitrogens with two attached hydrogens (primary N) is 1. The van der Waals surface area contributed by atoms with Crippen molar-refractivity contribution < 1.29 is 9.13 Å². The van der Waals surface area contributed by atoms with E-state index in [1.807, 2.05) is 42.3 Å². The zero-order chi connectivity index (χ0) is 15.4. The topological polar surface area (TPSA) is 38.5 Å². The molecule has 3 nitrogen and oxygen atoms in total. The summed E-state index contributed by atoms with van der Waals surface area (Å²) in [5.74, 6) is 0.520. The highest BCUT2D eigenvalue weighted by molar-refractivity contribution is 9.10. The largest absolute Gasteiger partial charge is 0.497 e. The molecule has 0 spiro atoms. The van der Waals surface area contributed by atoms with Crippen LogP contribution < -0.4 is 15.4 Å². The molecule has 0 bridgehead atoms.